The zero-order valence-electron chi connectivity index (χ0n) is 43.8. The molecule has 66 heavy (non-hydrogen) atoms. The summed E-state index contributed by atoms with van der Waals surface area (Å²) in [4.78, 5) is 53.8. The molecule has 0 radical (unpaired) electrons. The van der Waals surface area contributed by atoms with Crippen LogP contribution < -0.4 is 5.32 Å². The van der Waals surface area contributed by atoms with Gasteiger partial charge >= 0.3 is 24.0 Å². The van der Waals surface area contributed by atoms with Crippen LogP contribution in [0.5, 0.6) is 0 Å². The summed E-state index contributed by atoms with van der Waals surface area (Å²) < 4.78 is 28.6. The highest BCUT2D eigenvalue weighted by molar-refractivity contribution is 5.73. The molecule has 0 aliphatic carbocycles. The van der Waals surface area contributed by atoms with Gasteiger partial charge in [-0.1, -0.05) is 195 Å². The fourth-order valence-corrected chi connectivity index (χ4v) is 8.00. The number of rotatable bonds is 49. The number of alkyl carbamates (subject to hydrolysis) is 1. The first kappa shape index (κ1) is 63.2. The van der Waals surface area contributed by atoms with E-state index in [1.54, 1.807) is 0 Å². The molecule has 1 amide bonds. The Hall–Kier alpha value is -2.82. The van der Waals surface area contributed by atoms with E-state index in [1.807, 2.05) is 14.0 Å². The van der Waals surface area contributed by atoms with Crippen molar-refractivity contribution in [2.75, 3.05) is 59.7 Å². The summed E-state index contributed by atoms with van der Waals surface area (Å²) >= 11 is 0. The van der Waals surface area contributed by atoms with E-state index in [9.17, 15) is 19.2 Å². The lowest BCUT2D eigenvalue weighted by atomic mass is 9.94. The van der Waals surface area contributed by atoms with Crippen LogP contribution in [0.4, 0.5) is 4.79 Å². The lowest BCUT2D eigenvalue weighted by Gasteiger charge is -2.20. The Morgan fingerprint density at radius 2 is 0.848 bits per heavy atom. The maximum absolute atomic E-state index is 13.2. The van der Waals surface area contributed by atoms with Gasteiger partial charge in [0.1, 0.15) is 13.2 Å². The molecule has 11 heteroatoms. The van der Waals surface area contributed by atoms with Crippen LogP contribution in [0.2, 0.25) is 0 Å². The second-order valence-corrected chi connectivity index (χ2v) is 19.0. The van der Waals surface area contributed by atoms with E-state index in [-0.39, 0.29) is 56.6 Å². The normalized spacial score (nSPS) is 11.8. The first-order valence-electron chi connectivity index (χ1n) is 27.5. The number of esters is 3. The van der Waals surface area contributed by atoms with Crippen LogP contribution >= 0.6 is 0 Å². The van der Waals surface area contributed by atoms with Crippen molar-refractivity contribution in [3.8, 4) is 0 Å². The monoisotopic (exact) mass is 937 g/mol. The van der Waals surface area contributed by atoms with Crippen molar-refractivity contribution in [3.05, 3.63) is 12.3 Å². The van der Waals surface area contributed by atoms with Gasteiger partial charge in [-0.3, -0.25) is 14.4 Å². The topological polar surface area (TPSA) is 130 Å². The summed E-state index contributed by atoms with van der Waals surface area (Å²) in [6.07, 6.45) is 33.3. The number of nitrogens with zero attached hydrogens (tertiary/aromatic N) is 1. The highest BCUT2D eigenvalue weighted by Crippen LogP contribution is 2.23. The first-order chi connectivity index (χ1) is 32.1. The van der Waals surface area contributed by atoms with Crippen LogP contribution in [0.25, 0.3) is 0 Å². The molecule has 0 fully saturated rings. The number of hydrogen-bond acceptors (Lipinski definition) is 10. The largest absolute Gasteiger partial charge is 0.498 e. The van der Waals surface area contributed by atoms with E-state index in [4.69, 9.17) is 23.7 Å². The third-order valence-electron chi connectivity index (χ3n) is 12.7. The van der Waals surface area contributed by atoms with Gasteiger partial charge in [0, 0.05) is 25.9 Å². The Balaban J connectivity index is 5.05. The number of carbonyl (C=O) groups is 4. The molecule has 1 N–H and O–H groups in total. The number of allylic oxidation sites excluding steroid dienone is 1. The number of carbonyl (C=O) groups excluding carboxylic acids is 4. The summed E-state index contributed by atoms with van der Waals surface area (Å²) in [6.45, 7) is 17.6. The van der Waals surface area contributed by atoms with Crippen molar-refractivity contribution in [2.45, 2.75) is 240 Å². The Bertz CT molecular complexity index is 1060. The number of ether oxygens (including phenoxy) is 5. The first-order valence-corrected chi connectivity index (χ1v) is 27.5. The van der Waals surface area contributed by atoms with E-state index in [2.05, 4.69) is 44.5 Å². The predicted octanol–water partition coefficient (Wildman–Crippen LogP) is 14.2. The van der Waals surface area contributed by atoms with Gasteiger partial charge in [0.15, 0.2) is 0 Å². The highest BCUT2D eigenvalue weighted by Gasteiger charge is 2.22. The molecule has 0 saturated carbocycles. The van der Waals surface area contributed by atoms with Crippen molar-refractivity contribution in [1.82, 2.24) is 10.2 Å². The van der Waals surface area contributed by atoms with Crippen LogP contribution in [-0.4, -0.2) is 88.6 Å². The quantitative estimate of drug-likeness (QED) is 0.0272. The molecule has 0 aromatic rings. The number of hydrogen-bond donors (Lipinski definition) is 1. The minimum atomic E-state index is -0.545. The Morgan fingerprint density at radius 3 is 1.27 bits per heavy atom. The van der Waals surface area contributed by atoms with Gasteiger partial charge in [-0.05, 0) is 52.1 Å². The number of nitrogens with one attached hydrogen (secondary N) is 1. The second kappa shape index (κ2) is 47.3. The smallest absolute Gasteiger partial charge is 0.407 e. The van der Waals surface area contributed by atoms with E-state index in [1.165, 1.54) is 116 Å². The molecule has 0 aromatic heterocycles. The van der Waals surface area contributed by atoms with E-state index < -0.39 is 18.0 Å². The average molecular weight is 937 g/mol. The number of amides is 1. The SMILES string of the molecule is C=C(CCCOC(=O)C(CCCCCCCC)CCCCCCCC)OCC(COC(=O)CCCOC(=O)C(CCCCCCCC)CCCCCCCC)COC(=O)NCCN(C)CC. The minimum Gasteiger partial charge on any atom is -0.498 e. The molecule has 0 aromatic carbocycles. The summed E-state index contributed by atoms with van der Waals surface area (Å²) in [5.74, 6) is -0.678. The lowest BCUT2D eigenvalue weighted by molar-refractivity contribution is -0.152. The van der Waals surface area contributed by atoms with Crippen LogP contribution in [0.3, 0.4) is 0 Å². The standard InChI is InChI=1S/C55H104N2O9/c1-8-13-17-21-25-29-36-50(37-30-26-22-18-14-9-2)53(59)62-43-33-35-48(6)64-45-49(47-66-55(61)56-41-42-57(7)12-5)46-65-52(58)40-34-44-63-54(60)51(38-31-27-23-19-15-10-3)39-32-28-24-20-16-11-4/h49-51H,6,8-47H2,1-5,7H3,(H,56,61). The number of likely N-dealkylation sites (N-methyl/N-ethyl adjacent to an activating group) is 1. The van der Waals surface area contributed by atoms with Gasteiger partial charge in [-0.15, -0.1) is 0 Å². The molecule has 1 unspecified atom stereocenters. The zero-order valence-corrected chi connectivity index (χ0v) is 43.8. The fraction of sp³-hybridized carbons (Fsp3) is 0.891. The molecule has 388 valence electrons. The van der Waals surface area contributed by atoms with Crippen LogP contribution in [-0.2, 0) is 38.1 Å². The Kier molecular flexibility index (Phi) is 45.2. The van der Waals surface area contributed by atoms with E-state index in [0.29, 0.717) is 44.7 Å². The molecule has 11 nitrogen and oxygen atoms in total. The van der Waals surface area contributed by atoms with Crippen LogP contribution in [0.15, 0.2) is 12.3 Å². The molecule has 0 aliphatic rings. The second-order valence-electron chi connectivity index (χ2n) is 19.0. The molecule has 0 spiro atoms. The van der Waals surface area contributed by atoms with Gasteiger partial charge in [-0.25, -0.2) is 4.79 Å². The molecule has 0 aliphatic heterocycles. The summed E-state index contributed by atoms with van der Waals surface area (Å²) in [7, 11) is 1.98. The Morgan fingerprint density at radius 1 is 0.470 bits per heavy atom. The van der Waals surface area contributed by atoms with Gasteiger partial charge in [0.25, 0.3) is 0 Å². The van der Waals surface area contributed by atoms with Crippen LogP contribution in [0, 0.1) is 17.8 Å². The van der Waals surface area contributed by atoms with Crippen molar-refractivity contribution in [1.29, 1.82) is 0 Å². The zero-order chi connectivity index (χ0) is 48.7. The maximum atomic E-state index is 13.2. The average Bonchev–Trinajstić information content (AvgIpc) is 3.31. The van der Waals surface area contributed by atoms with Gasteiger partial charge in [0.2, 0.25) is 0 Å². The molecule has 1 atom stereocenters. The van der Waals surface area contributed by atoms with E-state index >= 15 is 0 Å². The highest BCUT2D eigenvalue weighted by atomic mass is 16.6. The van der Waals surface area contributed by atoms with Crippen molar-refractivity contribution in [2.24, 2.45) is 17.8 Å². The van der Waals surface area contributed by atoms with E-state index in [0.717, 1.165) is 70.8 Å². The minimum absolute atomic E-state index is 0.00739. The summed E-state index contributed by atoms with van der Waals surface area (Å²) in [6, 6.07) is 0. The molecular formula is C55H104N2O9. The Labute approximate surface area is 405 Å². The third-order valence-corrected chi connectivity index (χ3v) is 12.7. The maximum Gasteiger partial charge on any atom is 0.407 e. The van der Waals surface area contributed by atoms with Gasteiger partial charge in [-0.2, -0.15) is 0 Å². The van der Waals surface area contributed by atoms with Crippen molar-refractivity contribution < 1.29 is 42.9 Å². The van der Waals surface area contributed by atoms with Crippen molar-refractivity contribution in [3.63, 3.8) is 0 Å². The molecule has 0 bridgehead atoms. The van der Waals surface area contributed by atoms with Crippen LogP contribution in [0.1, 0.15) is 240 Å². The van der Waals surface area contributed by atoms with Gasteiger partial charge in [0.05, 0.1) is 43.3 Å². The molecular weight excluding hydrogens is 833 g/mol. The molecule has 0 rings (SSSR count). The number of unbranched alkanes of at least 4 members (excludes halogenated alkanes) is 20. The van der Waals surface area contributed by atoms with Crippen molar-refractivity contribution >= 4 is 24.0 Å². The summed E-state index contributed by atoms with van der Waals surface area (Å²) in [5, 5.41) is 2.77. The fourth-order valence-electron chi connectivity index (χ4n) is 8.00. The lowest BCUT2D eigenvalue weighted by Crippen LogP contribution is -2.34. The van der Waals surface area contributed by atoms with Gasteiger partial charge < -0.3 is 33.9 Å². The molecule has 0 heterocycles. The predicted molar refractivity (Wildman–Crippen MR) is 271 cm³/mol. The molecule has 0 saturated heterocycles. The third kappa shape index (κ3) is 40.3. The summed E-state index contributed by atoms with van der Waals surface area (Å²) in [5.41, 5.74) is 0.